The van der Waals surface area contributed by atoms with Gasteiger partial charge in [-0.05, 0) is 13.8 Å². The highest BCUT2D eigenvalue weighted by atomic mass is 32.1. The SMILES string of the molecule is CCOCC(C)OC(=O)[C@H](N)CS. The van der Waals surface area contributed by atoms with Crippen LogP contribution < -0.4 is 5.73 Å². The lowest BCUT2D eigenvalue weighted by molar-refractivity contribution is -0.151. The standard InChI is InChI=1S/C8H17NO3S/c1-3-11-4-6(2)12-8(10)7(9)5-13/h6-7,13H,3-5,9H2,1-2H3/t6?,7-/m1/s1. The molecule has 5 heteroatoms. The summed E-state index contributed by atoms with van der Waals surface area (Å²) in [5.74, 6) is -0.137. The maximum Gasteiger partial charge on any atom is 0.324 e. The predicted molar refractivity (Wildman–Crippen MR) is 53.9 cm³/mol. The van der Waals surface area contributed by atoms with Crippen LogP contribution in [0.4, 0.5) is 0 Å². The van der Waals surface area contributed by atoms with Crippen molar-refractivity contribution < 1.29 is 14.3 Å². The summed E-state index contributed by atoms with van der Waals surface area (Å²) >= 11 is 3.89. The summed E-state index contributed by atoms with van der Waals surface area (Å²) in [7, 11) is 0. The van der Waals surface area contributed by atoms with Gasteiger partial charge in [-0.25, -0.2) is 0 Å². The molecule has 78 valence electrons. The molecule has 0 bridgehead atoms. The van der Waals surface area contributed by atoms with Crippen molar-refractivity contribution in [1.82, 2.24) is 0 Å². The number of esters is 1. The fraction of sp³-hybridized carbons (Fsp3) is 0.875. The summed E-state index contributed by atoms with van der Waals surface area (Å²) in [6.45, 7) is 4.66. The van der Waals surface area contributed by atoms with E-state index in [1.807, 2.05) is 6.92 Å². The second-order valence-corrected chi connectivity index (χ2v) is 3.06. The monoisotopic (exact) mass is 207 g/mol. The van der Waals surface area contributed by atoms with Gasteiger partial charge in [0.15, 0.2) is 0 Å². The normalized spacial score (nSPS) is 15.1. The average Bonchev–Trinajstić information content (AvgIpc) is 2.13. The molecular formula is C8H17NO3S. The molecule has 4 nitrogen and oxygen atoms in total. The lowest BCUT2D eigenvalue weighted by Gasteiger charge is -2.15. The highest BCUT2D eigenvalue weighted by Gasteiger charge is 2.15. The van der Waals surface area contributed by atoms with E-state index < -0.39 is 12.0 Å². The van der Waals surface area contributed by atoms with Crippen molar-refractivity contribution in [3.63, 3.8) is 0 Å². The number of hydrogen-bond donors (Lipinski definition) is 2. The van der Waals surface area contributed by atoms with Crippen LogP contribution >= 0.6 is 12.6 Å². The van der Waals surface area contributed by atoms with Gasteiger partial charge in [-0.3, -0.25) is 4.79 Å². The van der Waals surface area contributed by atoms with Crippen molar-refractivity contribution in [3.8, 4) is 0 Å². The van der Waals surface area contributed by atoms with E-state index in [1.165, 1.54) is 0 Å². The third-order valence-corrected chi connectivity index (χ3v) is 1.77. The van der Waals surface area contributed by atoms with Crippen molar-refractivity contribution in [1.29, 1.82) is 0 Å². The first-order valence-electron chi connectivity index (χ1n) is 4.26. The molecule has 1 unspecified atom stereocenters. The molecule has 0 fully saturated rings. The van der Waals surface area contributed by atoms with Crippen molar-refractivity contribution in [3.05, 3.63) is 0 Å². The van der Waals surface area contributed by atoms with E-state index in [4.69, 9.17) is 15.2 Å². The Bertz CT molecular complexity index is 154. The maximum atomic E-state index is 11.1. The smallest absolute Gasteiger partial charge is 0.324 e. The summed E-state index contributed by atoms with van der Waals surface area (Å²) in [5.41, 5.74) is 5.40. The average molecular weight is 207 g/mol. The quantitative estimate of drug-likeness (QED) is 0.483. The Morgan fingerprint density at radius 1 is 1.62 bits per heavy atom. The predicted octanol–water partition coefficient (Wildman–Crippen LogP) is 0.212. The van der Waals surface area contributed by atoms with Crippen molar-refractivity contribution >= 4 is 18.6 Å². The summed E-state index contributed by atoms with van der Waals surface area (Å²) in [5, 5.41) is 0. The molecule has 0 saturated carbocycles. The van der Waals surface area contributed by atoms with E-state index in [2.05, 4.69) is 12.6 Å². The first-order valence-corrected chi connectivity index (χ1v) is 4.89. The van der Waals surface area contributed by atoms with Gasteiger partial charge in [-0.2, -0.15) is 12.6 Å². The fourth-order valence-corrected chi connectivity index (χ4v) is 0.827. The van der Waals surface area contributed by atoms with E-state index in [9.17, 15) is 4.79 Å². The van der Waals surface area contributed by atoms with Crippen LogP contribution in [0.3, 0.4) is 0 Å². The lowest BCUT2D eigenvalue weighted by atomic mass is 10.3. The minimum Gasteiger partial charge on any atom is -0.459 e. The highest BCUT2D eigenvalue weighted by Crippen LogP contribution is 1.96. The molecule has 0 aromatic carbocycles. The lowest BCUT2D eigenvalue weighted by Crippen LogP contribution is -2.36. The molecule has 0 aliphatic carbocycles. The van der Waals surface area contributed by atoms with Crippen LogP contribution in [-0.2, 0) is 14.3 Å². The molecule has 0 aliphatic heterocycles. The van der Waals surface area contributed by atoms with Crippen LogP contribution in [-0.4, -0.2) is 37.1 Å². The first-order chi connectivity index (χ1) is 6.11. The minimum atomic E-state index is -0.646. The third kappa shape index (κ3) is 5.90. The molecule has 0 rings (SSSR count). The summed E-state index contributed by atoms with van der Waals surface area (Å²) in [4.78, 5) is 11.1. The number of ether oxygens (including phenoxy) is 2. The second kappa shape index (κ2) is 7.17. The number of carbonyl (C=O) groups excluding carboxylic acids is 1. The Morgan fingerprint density at radius 2 is 2.23 bits per heavy atom. The zero-order chi connectivity index (χ0) is 10.3. The first kappa shape index (κ1) is 12.7. The number of thiol groups is 1. The summed E-state index contributed by atoms with van der Waals surface area (Å²) < 4.78 is 10.0. The third-order valence-electron chi connectivity index (χ3n) is 1.37. The molecule has 2 atom stereocenters. The zero-order valence-corrected chi connectivity index (χ0v) is 8.92. The van der Waals surface area contributed by atoms with Crippen molar-refractivity contribution in [2.45, 2.75) is 26.0 Å². The van der Waals surface area contributed by atoms with Crippen LogP contribution in [0.2, 0.25) is 0 Å². The number of carbonyl (C=O) groups is 1. The van der Waals surface area contributed by atoms with Crippen LogP contribution in [0.25, 0.3) is 0 Å². The molecule has 0 aromatic rings. The Kier molecular flexibility index (Phi) is 7.03. The minimum absolute atomic E-state index is 0.251. The Morgan fingerprint density at radius 3 is 2.69 bits per heavy atom. The number of rotatable bonds is 6. The van der Waals surface area contributed by atoms with Crippen LogP contribution in [0.5, 0.6) is 0 Å². The molecule has 0 radical (unpaired) electrons. The molecule has 0 saturated heterocycles. The fourth-order valence-electron chi connectivity index (χ4n) is 0.678. The van der Waals surface area contributed by atoms with Crippen LogP contribution in [0.1, 0.15) is 13.8 Å². The number of hydrogen-bond acceptors (Lipinski definition) is 5. The molecule has 0 amide bonds. The van der Waals surface area contributed by atoms with Gasteiger partial charge in [-0.1, -0.05) is 0 Å². The van der Waals surface area contributed by atoms with Gasteiger partial charge in [0.05, 0.1) is 6.61 Å². The Hall–Kier alpha value is -0.260. The maximum absolute atomic E-state index is 11.1. The molecule has 0 aliphatic rings. The summed E-state index contributed by atoms with van der Waals surface area (Å²) in [6.07, 6.45) is -0.251. The molecule has 13 heavy (non-hydrogen) atoms. The van der Waals surface area contributed by atoms with Crippen LogP contribution in [0.15, 0.2) is 0 Å². The van der Waals surface area contributed by atoms with Gasteiger partial charge in [0, 0.05) is 12.4 Å². The molecule has 2 N–H and O–H groups in total. The van der Waals surface area contributed by atoms with E-state index >= 15 is 0 Å². The topological polar surface area (TPSA) is 61.5 Å². The van der Waals surface area contributed by atoms with Gasteiger partial charge < -0.3 is 15.2 Å². The van der Waals surface area contributed by atoms with Crippen LogP contribution in [0, 0.1) is 0 Å². The van der Waals surface area contributed by atoms with E-state index in [0.717, 1.165) is 0 Å². The van der Waals surface area contributed by atoms with Gasteiger partial charge in [0.1, 0.15) is 12.1 Å². The van der Waals surface area contributed by atoms with E-state index in [0.29, 0.717) is 19.0 Å². The van der Waals surface area contributed by atoms with Gasteiger partial charge >= 0.3 is 5.97 Å². The van der Waals surface area contributed by atoms with Crippen molar-refractivity contribution in [2.24, 2.45) is 5.73 Å². The Balaban J connectivity index is 3.64. The van der Waals surface area contributed by atoms with Crippen molar-refractivity contribution in [2.75, 3.05) is 19.0 Å². The van der Waals surface area contributed by atoms with E-state index in [1.54, 1.807) is 6.92 Å². The molecule has 0 heterocycles. The number of nitrogens with two attached hydrogens (primary N) is 1. The second-order valence-electron chi connectivity index (χ2n) is 2.70. The molecule has 0 aromatic heterocycles. The molecular weight excluding hydrogens is 190 g/mol. The van der Waals surface area contributed by atoms with Gasteiger partial charge in [0.25, 0.3) is 0 Å². The molecule has 0 spiro atoms. The van der Waals surface area contributed by atoms with Gasteiger partial charge in [0.2, 0.25) is 0 Å². The summed E-state index contributed by atoms with van der Waals surface area (Å²) in [6, 6.07) is -0.646. The van der Waals surface area contributed by atoms with E-state index in [-0.39, 0.29) is 6.10 Å². The highest BCUT2D eigenvalue weighted by molar-refractivity contribution is 7.80. The van der Waals surface area contributed by atoms with Gasteiger partial charge in [-0.15, -0.1) is 0 Å². The largest absolute Gasteiger partial charge is 0.459 e. The zero-order valence-electron chi connectivity index (χ0n) is 8.03. The Labute approximate surface area is 84.2 Å².